The Bertz CT molecular complexity index is 1800. The summed E-state index contributed by atoms with van der Waals surface area (Å²) >= 11 is 0. The van der Waals surface area contributed by atoms with Gasteiger partial charge in [-0.3, -0.25) is 10.1 Å². The fourth-order valence-electron chi connectivity index (χ4n) is 6.13. The molecular formula is C37H37Cl4Cu2N5O2-2. The third kappa shape index (κ3) is 10.0. The van der Waals surface area contributed by atoms with Crippen LogP contribution in [0.5, 0.6) is 0 Å². The van der Waals surface area contributed by atoms with E-state index in [0.717, 1.165) is 73.1 Å². The van der Waals surface area contributed by atoms with Gasteiger partial charge in [0.1, 0.15) is 23.8 Å². The molecule has 0 atom stereocenters. The molecule has 0 saturated heterocycles. The Labute approximate surface area is 340 Å². The first kappa shape index (κ1) is 49.0. The van der Waals surface area contributed by atoms with Gasteiger partial charge in [-0.1, -0.05) is 12.1 Å². The van der Waals surface area contributed by atoms with Crippen LogP contribution in [0.15, 0.2) is 85.2 Å². The summed E-state index contributed by atoms with van der Waals surface area (Å²) in [4.78, 5) is 21.0. The fourth-order valence-corrected chi connectivity index (χ4v) is 6.13. The Morgan fingerprint density at radius 2 is 0.920 bits per heavy atom. The Hall–Kier alpha value is -3.10. The van der Waals surface area contributed by atoms with Gasteiger partial charge in [-0.25, -0.2) is 9.15 Å². The van der Waals surface area contributed by atoms with Gasteiger partial charge in [-0.2, -0.15) is 0 Å². The Kier molecular flexibility index (Phi) is 20.9. The molecule has 0 aliphatic carbocycles. The van der Waals surface area contributed by atoms with Crippen LogP contribution in [0.2, 0.25) is 0 Å². The first-order chi connectivity index (χ1) is 21.1. The van der Waals surface area contributed by atoms with Crippen molar-refractivity contribution in [1.29, 1.82) is 0 Å². The molecule has 0 saturated carbocycles. The first-order valence-electron chi connectivity index (χ1n) is 14.7. The van der Waals surface area contributed by atoms with Crippen LogP contribution in [0.25, 0.3) is 22.3 Å². The molecule has 3 aromatic carbocycles. The van der Waals surface area contributed by atoms with Crippen LogP contribution in [-0.2, 0) is 34.1 Å². The number of rotatable bonds is 7. The van der Waals surface area contributed by atoms with E-state index in [4.69, 9.17) is 0 Å². The Morgan fingerprint density at radius 3 is 1.18 bits per heavy atom. The maximum absolute atomic E-state index is 12.2. The minimum atomic E-state index is -0.307. The van der Waals surface area contributed by atoms with Crippen LogP contribution in [0, 0.1) is 44.7 Å². The number of nitrogens with zero attached hydrogens (tertiary/aromatic N) is 5. The van der Waals surface area contributed by atoms with E-state index in [2.05, 4.69) is 71.1 Å². The smallest absolute Gasteiger partial charge is 0.327 e. The van der Waals surface area contributed by atoms with Crippen molar-refractivity contribution in [3.8, 4) is 22.3 Å². The number of hydrogen-bond donors (Lipinski definition) is 0. The van der Waals surface area contributed by atoms with Crippen molar-refractivity contribution in [1.82, 2.24) is 19.1 Å². The van der Waals surface area contributed by atoms with Crippen molar-refractivity contribution >= 4 is 41.1 Å². The molecule has 274 valence electrons. The zero-order chi connectivity index (χ0) is 31.5. The van der Waals surface area contributed by atoms with Crippen LogP contribution in [0.3, 0.4) is 0 Å². The molecule has 0 aliphatic rings. The van der Waals surface area contributed by atoms with Gasteiger partial charge in [0, 0.05) is 58.4 Å². The maximum atomic E-state index is 12.2. The van der Waals surface area contributed by atoms with E-state index >= 15 is 0 Å². The summed E-state index contributed by atoms with van der Waals surface area (Å²) < 4.78 is 4.16. The van der Waals surface area contributed by atoms with Crippen LogP contribution in [0.1, 0.15) is 41.7 Å². The second-order valence-corrected chi connectivity index (χ2v) is 11.0. The number of aromatic nitrogens is 2. The number of benzene rings is 3. The van der Waals surface area contributed by atoms with E-state index in [9.17, 15) is 10.1 Å². The third-order valence-electron chi connectivity index (χ3n) is 8.00. The second kappa shape index (κ2) is 21.3. The van der Waals surface area contributed by atoms with Gasteiger partial charge < -0.3 is 49.6 Å². The largest absolute Gasteiger partial charge is 1.00 e. The SMILES string of the molecule is CC=[N+](c1ccccn1)c1c(C)cc(-c2cc([N+](=O)[O-])cc(-c3cc(C)c([N+](=CC)c4ccccn4)c(C)c3)c2C)cc1C.[Cl-].[Cl-].[Cl-].[Cl-].[Cu].[Cu]. The maximum Gasteiger partial charge on any atom is 0.327 e. The molecule has 50 heavy (non-hydrogen) atoms. The van der Waals surface area contributed by atoms with Gasteiger partial charge in [0.15, 0.2) is 0 Å². The van der Waals surface area contributed by atoms with Crippen molar-refractivity contribution in [2.45, 2.75) is 48.5 Å². The molecular weight excluding hydrogens is 815 g/mol. The minimum absolute atomic E-state index is 0. The standard InChI is InChI=1S/C37H37N5O2.4ClH.2Cu/c1-8-40(34-14-10-12-16-38-34)36-24(3)18-29(19-25(36)4)32-22-31(42(43)44)23-33(28(32)7)30-20-26(5)37(27(6)21-30)41(9-2)35-15-11-13-17-39-35;;;;;;/h8-23H,1-7H3;4*1H;;/q+2;;;;;;/p-4. The summed E-state index contributed by atoms with van der Waals surface area (Å²) in [5.41, 5.74) is 10.9. The molecule has 13 heteroatoms. The van der Waals surface area contributed by atoms with Gasteiger partial charge in [0.05, 0.1) is 17.4 Å². The molecule has 2 heterocycles. The number of nitro benzene ring substituents is 1. The topological polar surface area (TPSA) is 74.9 Å². The molecule has 2 radical (unpaired) electrons. The summed E-state index contributed by atoms with van der Waals surface area (Å²) in [5.74, 6) is 1.67. The van der Waals surface area contributed by atoms with Crippen LogP contribution in [-0.4, -0.2) is 27.3 Å². The van der Waals surface area contributed by atoms with E-state index in [1.807, 2.05) is 69.6 Å². The van der Waals surface area contributed by atoms with Gasteiger partial charge in [0.2, 0.25) is 0 Å². The van der Waals surface area contributed by atoms with E-state index < -0.39 is 0 Å². The average Bonchev–Trinajstić information content (AvgIpc) is 3.01. The molecule has 5 rings (SSSR count). The zero-order valence-corrected chi connectivity index (χ0v) is 33.3. The fraction of sp³-hybridized carbons (Fsp3) is 0.189. The van der Waals surface area contributed by atoms with E-state index in [-0.39, 0.29) is 94.4 Å². The Balaban J connectivity index is 0. The second-order valence-electron chi connectivity index (χ2n) is 11.0. The number of pyridine rings is 2. The summed E-state index contributed by atoms with van der Waals surface area (Å²) in [5, 5.41) is 12.2. The van der Waals surface area contributed by atoms with Gasteiger partial charge in [-0.15, -0.1) is 0 Å². The predicted octanol–water partition coefficient (Wildman–Crippen LogP) is -2.88. The van der Waals surface area contributed by atoms with Gasteiger partial charge >= 0.3 is 11.6 Å². The number of halogens is 4. The molecule has 0 aliphatic heterocycles. The molecule has 0 fully saturated rings. The van der Waals surface area contributed by atoms with Crippen molar-refractivity contribution in [3.05, 3.63) is 123 Å². The average molecular weight is 853 g/mol. The van der Waals surface area contributed by atoms with Crippen LogP contribution in [0.4, 0.5) is 28.7 Å². The zero-order valence-electron chi connectivity index (χ0n) is 28.4. The summed E-state index contributed by atoms with van der Waals surface area (Å²) in [6, 6.07) is 23.5. The number of non-ortho nitro benzene ring substituents is 1. The summed E-state index contributed by atoms with van der Waals surface area (Å²) in [6.45, 7) is 14.3. The van der Waals surface area contributed by atoms with Crippen molar-refractivity contribution in [2.24, 2.45) is 0 Å². The third-order valence-corrected chi connectivity index (χ3v) is 8.00. The number of aryl methyl sites for hydroxylation is 4. The molecule has 0 N–H and O–H groups in total. The minimum Gasteiger partial charge on any atom is -1.00 e. The van der Waals surface area contributed by atoms with Crippen LogP contribution < -0.4 is 58.8 Å². The summed E-state index contributed by atoms with van der Waals surface area (Å²) in [7, 11) is 0. The molecule has 2 aromatic heterocycles. The van der Waals surface area contributed by atoms with Crippen molar-refractivity contribution in [3.63, 3.8) is 0 Å². The van der Waals surface area contributed by atoms with Crippen molar-refractivity contribution in [2.75, 3.05) is 0 Å². The van der Waals surface area contributed by atoms with E-state index in [0.29, 0.717) is 0 Å². The molecule has 0 amide bonds. The molecule has 7 nitrogen and oxygen atoms in total. The monoisotopic (exact) mass is 849 g/mol. The molecule has 5 aromatic rings. The Morgan fingerprint density at radius 1 is 0.580 bits per heavy atom. The number of nitro groups is 1. The van der Waals surface area contributed by atoms with Gasteiger partial charge in [-0.05, 0) is 145 Å². The van der Waals surface area contributed by atoms with Crippen LogP contribution >= 0.6 is 0 Å². The molecule has 0 bridgehead atoms. The van der Waals surface area contributed by atoms with E-state index in [1.165, 1.54) is 0 Å². The predicted molar refractivity (Wildman–Crippen MR) is 183 cm³/mol. The molecule has 0 spiro atoms. The van der Waals surface area contributed by atoms with Gasteiger partial charge in [0.25, 0.3) is 5.69 Å². The van der Waals surface area contributed by atoms with E-state index in [1.54, 1.807) is 24.5 Å². The molecule has 0 unspecified atom stereocenters. The quantitative estimate of drug-likeness (QED) is 0.0581. The van der Waals surface area contributed by atoms with Crippen molar-refractivity contribution < 1.29 is 88.7 Å². The normalized spacial score (nSPS) is 10.5. The number of hydrogen-bond acceptors (Lipinski definition) is 4. The first-order valence-corrected chi connectivity index (χ1v) is 14.7. The summed E-state index contributed by atoms with van der Waals surface area (Å²) in [6.07, 6.45) is 7.58.